The van der Waals surface area contributed by atoms with Crippen LogP contribution in [-0.4, -0.2) is 16.5 Å². The van der Waals surface area contributed by atoms with E-state index in [1.54, 1.807) is 18.6 Å². The lowest BCUT2D eigenvalue weighted by Crippen LogP contribution is -2.25. The molecule has 0 saturated carbocycles. The molecule has 2 rings (SSSR count). The first-order chi connectivity index (χ1) is 9.72. The highest BCUT2D eigenvalue weighted by Crippen LogP contribution is 2.25. The number of rotatable bonds is 6. The Morgan fingerprint density at radius 1 is 1.35 bits per heavy atom. The summed E-state index contributed by atoms with van der Waals surface area (Å²) in [7, 11) is 0. The molecule has 0 bridgehead atoms. The molecular weight excluding hydrogens is 272 g/mol. The first-order valence-corrected chi connectivity index (χ1v) is 7.12. The highest BCUT2D eigenvalue weighted by Gasteiger charge is 2.17. The number of anilines is 1. The molecule has 2 aromatic rings. The van der Waals surface area contributed by atoms with E-state index in [4.69, 9.17) is 17.3 Å². The Labute approximate surface area is 124 Å². The van der Waals surface area contributed by atoms with Crippen LogP contribution in [0.2, 0.25) is 5.02 Å². The fourth-order valence-corrected chi connectivity index (χ4v) is 2.32. The van der Waals surface area contributed by atoms with Gasteiger partial charge in [-0.2, -0.15) is 0 Å². The molecule has 2 heterocycles. The van der Waals surface area contributed by atoms with Gasteiger partial charge in [0.1, 0.15) is 0 Å². The van der Waals surface area contributed by atoms with E-state index in [0.29, 0.717) is 5.02 Å². The molecule has 0 saturated heterocycles. The monoisotopic (exact) mass is 290 g/mol. The van der Waals surface area contributed by atoms with Crippen LogP contribution in [0.3, 0.4) is 0 Å². The Bertz CT molecular complexity index is 559. The Morgan fingerprint density at radius 2 is 2.20 bits per heavy atom. The van der Waals surface area contributed by atoms with Crippen molar-refractivity contribution in [1.29, 1.82) is 0 Å². The summed E-state index contributed by atoms with van der Waals surface area (Å²) in [6, 6.07) is 5.54. The van der Waals surface area contributed by atoms with Gasteiger partial charge in [-0.05, 0) is 43.1 Å². The van der Waals surface area contributed by atoms with Gasteiger partial charge in [-0.3, -0.25) is 9.97 Å². The van der Waals surface area contributed by atoms with E-state index in [9.17, 15) is 0 Å². The Kier molecular flexibility index (Phi) is 5.32. The van der Waals surface area contributed by atoms with Gasteiger partial charge >= 0.3 is 0 Å². The molecular formula is C15H19ClN4. The van der Waals surface area contributed by atoms with Crippen LogP contribution < -0.4 is 11.1 Å². The van der Waals surface area contributed by atoms with E-state index in [0.717, 1.165) is 36.3 Å². The van der Waals surface area contributed by atoms with Gasteiger partial charge in [0.2, 0.25) is 0 Å². The number of hydrogen-bond acceptors (Lipinski definition) is 4. The number of nitrogen functional groups attached to an aromatic ring is 1. The second-order valence-corrected chi connectivity index (χ2v) is 5.06. The minimum absolute atomic E-state index is 0.0372. The molecule has 0 aliphatic rings. The topological polar surface area (TPSA) is 63.8 Å². The summed E-state index contributed by atoms with van der Waals surface area (Å²) in [5.41, 5.74) is 8.59. The minimum Gasteiger partial charge on any atom is -0.398 e. The smallest absolute Gasteiger partial charge is 0.0762 e. The van der Waals surface area contributed by atoms with Crippen molar-refractivity contribution in [2.75, 3.05) is 12.3 Å². The first kappa shape index (κ1) is 14.8. The van der Waals surface area contributed by atoms with Crippen LogP contribution in [0.25, 0.3) is 0 Å². The first-order valence-electron chi connectivity index (χ1n) is 6.74. The normalized spacial score (nSPS) is 12.3. The number of halogens is 1. The quantitative estimate of drug-likeness (QED) is 0.858. The molecule has 0 amide bonds. The van der Waals surface area contributed by atoms with Crippen molar-refractivity contribution in [2.45, 2.75) is 25.8 Å². The van der Waals surface area contributed by atoms with E-state index < -0.39 is 0 Å². The fraction of sp³-hybridized carbons (Fsp3) is 0.333. The molecule has 1 atom stereocenters. The third-order valence-electron chi connectivity index (χ3n) is 3.12. The average molecular weight is 291 g/mol. The molecule has 106 valence electrons. The number of pyridine rings is 2. The molecule has 4 nitrogen and oxygen atoms in total. The SMILES string of the molecule is CCCNC(Cc1cnccc1N)c1ncccc1Cl. The number of nitrogens with zero attached hydrogens (tertiary/aromatic N) is 2. The number of hydrogen-bond donors (Lipinski definition) is 2. The molecule has 1 unspecified atom stereocenters. The van der Waals surface area contributed by atoms with Crippen LogP contribution in [0.1, 0.15) is 30.6 Å². The number of aromatic nitrogens is 2. The zero-order valence-corrected chi connectivity index (χ0v) is 12.3. The third-order valence-corrected chi connectivity index (χ3v) is 3.44. The minimum atomic E-state index is 0.0372. The summed E-state index contributed by atoms with van der Waals surface area (Å²) < 4.78 is 0. The van der Waals surface area contributed by atoms with Gasteiger partial charge in [-0.15, -0.1) is 0 Å². The van der Waals surface area contributed by atoms with Crippen molar-refractivity contribution in [1.82, 2.24) is 15.3 Å². The molecule has 0 fully saturated rings. The van der Waals surface area contributed by atoms with Crippen LogP contribution in [0.5, 0.6) is 0 Å². The van der Waals surface area contributed by atoms with Gasteiger partial charge in [0.25, 0.3) is 0 Å². The van der Waals surface area contributed by atoms with Crippen molar-refractivity contribution < 1.29 is 0 Å². The van der Waals surface area contributed by atoms with E-state index in [-0.39, 0.29) is 6.04 Å². The van der Waals surface area contributed by atoms with Gasteiger partial charge in [-0.25, -0.2) is 0 Å². The maximum Gasteiger partial charge on any atom is 0.0762 e. The summed E-state index contributed by atoms with van der Waals surface area (Å²) in [6.07, 6.45) is 7.02. The second-order valence-electron chi connectivity index (χ2n) is 4.66. The third kappa shape index (κ3) is 3.68. The predicted octanol–water partition coefficient (Wildman–Crippen LogP) is 3.00. The number of nitrogens with two attached hydrogens (primary N) is 1. The van der Waals surface area contributed by atoms with Crippen LogP contribution >= 0.6 is 11.6 Å². The van der Waals surface area contributed by atoms with Crippen LogP contribution in [0.15, 0.2) is 36.8 Å². The second kappa shape index (κ2) is 7.22. The molecule has 0 aliphatic carbocycles. The molecule has 0 spiro atoms. The zero-order chi connectivity index (χ0) is 14.4. The summed E-state index contributed by atoms with van der Waals surface area (Å²) in [6.45, 7) is 3.03. The largest absolute Gasteiger partial charge is 0.398 e. The van der Waals surface area contributed by atoms with Gasteiger partial charge in [0.05, 0.1) is 16.8 Å². The van der Waals surface area contributed by atoms with Crippen LogP contribution in [0.4, 0.5) is 5.69 Å². The van der Waals surface area contributed by atoms with Crippen molar-refractivity contribution >= 4 is 17.3 Å². The van der Waals surface area contributed by atoms with Crippen molar-refractivity contribution in [2.24, 2.45) is 0 Å². The fourth-order valence-electron chi connectivity index (χ4n) is 2.07. The highest BCUT2D eigenvalue weighted by molar-refractivity contribution is 6.31. The average Bonchev–Trinajstić information content (AvgIpc) is 2.46. The van der Waals surface area contributed by atoms with Gasteiger partial charge in [0, 0.05) is 24.3 Å². The maximum atomic E-state index is 6.25. The van der Waals surface area contributed by atoms with Gasteiger partial charge in [-0.1, -0.05) is 18.5 Å². The van der Waals surface area contributed by atoms with Crippen molar-refractivity contribution in [3.8, 4) is 0 Å². The molecule has 2 aromatic heterocycles. The molecule has 20 heavy (non-hydrogen) atoms. The van der Waals surface area contributed by atoms with Crippen LogP contribution in [-0.2, 0) is 6.42 Å². The van der Waals surface area contributed by atoms with Gasteiger partial charge in [0.15, 0.2) is 0 Å². The van der Waals surface area contributed by atoms with Crippen LogP contribution in [0, 0.1) is 0 Å². The van der Waals surface area contributed by atoms with E-state index in [2.05, 4.69) is 22.2 Å². The zero-order valence-electron chi connectivity index (χ0n) is 11.5. The predicted molar refractivity (Wildman–Crippen MR) is 82.6 cm³/mol. The number of nitrogens with one attached hydrogen (secondary N) is 1. The summed E-state index contributed by atoms with van der Waals surface area (Å²) in [4.78, 5) is 8.54. The van der Waals surface area contributed by atoms with E-state index >= 15 is 0 Å². The lowest BCUT2D eigenvalue weighted by atomic mass is 10.0. The highest BCUT2D eigenvalue weighted by atomic mass is 35.5. The van der Waals surface area contributed by atoms with Crippen molar-refractivity contribution in [3.63, 3.8) is 0 Å². The van der Waals surface area contributed by atoms with Gasteiger partial charge < -0.3 is 11.1 Å². The van der Waals surface area contributed by atoms with E-state index in [1.165, 1.54) is 0 Å². The Morgan fingerprint density at radius 3 is 2.90 bits per heavy atom. The molecule has 0 aromatic carbocycles. The molecule has 5 heteroatoms. The standard InChI is InChI=1S/C15H19ClN4/c1-2-6-19-14(15-12(16)4-3-7-20-15)9-11-10-18-8-5-13(11)17/h3-5,7-8,10,14,19H,2,6,9H2,1H3,(H2,17,18). The maximum absolute atomic E-state index is 6.25. The Balaban J connectivity index is 2.24. The molecule has 0 radical (unpaired) electrons. The Hall–Kier alpha value is -1.65. The summed E-state index contributed by atoms with van der Waals surface area (Å²) in [5.74, 6) is 0. The lowest BCUT2D eigenvalue weighted by Gasteiger charge is -2.19. The van der Waals surface area contributed by atoms with E-state index in [1.807, 2.05) is 18.2 Å². The summed E-state index contributed by atoms with van der Waals surface area (Å²) >= 11 is 6.25. The molecule has 0 aliphatic heterocycles. The van der Waals surface area contributed by atoms with Crippen molar-refractivity contribution in [3.05, 3.63) is 53.1 Å². The lowest BCUT2D eigenvalue weighted by molar-refractivity contribution is 0.518. The molecule has 3 N–H and O–H groups in total. The summed E-state index contributed by atoms with van der Waals surface area (Å²) in [5, 5.41) is 4.14.